The van der Waals surface area contributed by atoms with Gasteiger partial charge >= 0.3 is 5.69 Å². The fourth-order valence-electron chi connectivity index (χ4n) is 2.80. The Morgan fingerprint density at radius 1 is 1.43 bits per heavy atom. The lowest BCUT2D eigenvalue weighted by molar-refractivity contribution is 0.0836. The molecule has 124 valence electrons. The lowest BCUT2D eigenvalue weighted by Crippen LogP contribution is -2.26. The van der Waals surface area contributed by atoms with Gasteiger partial charge < -0.3 is 4.74 Å². The van der Waals surface area contributed by atoms with E-state index in [0.29, 0.717) is 40.6 Å². The summed E-state index contributed by atoms with van der Waals surface area (Å²) in [5.74, 6) is 1.01. The van der Waals surface area contributed by atoms with E-state index in [1.165, 1.54) is 10.9 Å². The zero-order valence-electron chi connectivity index (χ0n) is 13.0. The molecule has 3 heterocycles. The van der Waals surface area contributed by atoms with Crippen molar-refractivity contribution in [2.45, 2.75) is 39.5 Å². The molecule has 0 aliphatic carbocycles. The number of hydrogen-bond acceptors (Lipinski definition) is 4. The highest BCUT2D eigenvalue weighted by Crippen LogP contribution is 2.32. The molecule has 1 fully saturated rings. The fraction of sp³-hybridized carbons (Fsp3) is 0.533. The Morgan fingerprint density at radius 2 is 2.22 bits per heavy atom. The Kier molecular flexibility index (Phi) is 4.75. The van der Waals surface area contributed by atoms with Gasteiger partial charge in [-0.25, -0.2) is 9.48 Å². The average molecular weight is 357 g/mol. The van der Waals surface area contributed by atoms with Crippen molar-refractivity contribution in [1.29, 1.82) is 0 Å². The predicted octanol–water partition coefficient (Wildman–Crippen LogP) is 2.91. The van der Waals surface area contributed by atoms with Crippen LogP contribution < -0.4 is 5.69 Å². The molecule has 8 heteroatoms. The second-order valence-corrected chi connectivity index (χ2v) is 6.53. The highest BCUT2D eigenvalue weighted by Gasteiger charge is 2.31. The fourth-order valence-corrected chi connectivity index (χ4v) is 3.24. The highest BCUT2D eigenvalue weighted by atomic mass is 35.5. The van der Waals surface area contributed by atoms with E-state index >= 15 is 0 Å². The molecule has 3 rings (SSSR count). The van der Waals surface area contributed by atoms with Crippen molar-refractivity contribution in [1.82, 2.24) is 19.3 Å². The maximum absolute atomic E-state index is 12.6. The van der Waals surface area contributed by atoms with Crippen LogP contribution in [-0.2, 0) is 17.8 Å². The molecule has 0 radical (unpaired) electrons. The first-order chi connectivity index (χ1) is 11.0. The van der Waals surface area contributed by atoms with Crippen molar-refractivity contribution in [3.8, 4) is 0 Å². The van der Waals surface area contributed by atoms with Gasteiger partial charge in [0.25, 0.3) is 0 Å². The van der Waals surface area contributed by atoms with Gasteiger partial charge in [-0.15, -0.1) is 0 Å². The summed E-state index contributed by atoms with van der Waals surface area (Å²) in [4.78, 5) is 16.8. The normalized spacial score (nSPS) is 21.0. The number of aromatic nitrogens is 4. The molecule has 1 aliphatic heterocycles. The summed E-state index contributed by atoms with van der Waals surface area (Å²) in [6.45, 7) is 5.47. The Labute approximate surface area is 144 Å². The number of ether oxygens (including phenoxy) is 1. The van der Waals surface area contributed by atoms with Crippen molar-refractivity contribution in [2.24, 2.45) is 5.92 Å². The molecule has 2 aromatic heterocycles. The van der Waals surface area contributed by atoms with Crippen LogP contribution in [0.15, 0.2) is 17.1 Å². The first-order valence-corrected chi connectivity index (χ1v) is 8.36. The zero-order chi connectivity index (χ0) is 16.6. The molecule has 23 heavy (non-hydrogen) atoms. The first-order valence-electron chi connectivity index (χ1n) is 7.60. The van der Waals surface area contributed by atoms with Crippen molar-refractivity contribution < 1.29 is 4.74 Å². The summed E-state index contributed by atoms with van der Waals surface area (Å²) in [7, 11) is 0. The topological polar surface area (TPSA) is 61.9 Å². The molecule has 0 aromatic carbocycles. The molecule has 1 saturated heterocycles. The third-order valence-corrected chi connectivity index (χ3v) is 4.63. The van der Waals surface area contributed by atoms with Gasteiger partial charge in [0.05, 0.1) is 22.3 Å². The molecule has 0 saturated carbocycles. The summed E-state index contributed by atoms with van der Waals surface area (Å²) in [5, 5.41) is 5.36. The van der Waals surface area contributed by atoms with Crippen LogP contribution in [0, 0.1) is 5.92 Å². The summed E-state index contributed by atoms with van der Waals surface area (Å²) < 4.78 is 8.79. The van der Waals surface area contributed by atoms with E-state index in [0.717, 1.165) is 6.42 Å². The minimum Gasteiger partial charge on any atom is -0.370 e. The maximum atomic E-state index is 12.6. The van der Waals surface area contributed by atoms with Crippen LogP contribution in [0.25, 0.3) is 0 Å². The SMILES string of the molecule is CCn1c([C@H]2OCC[C@H]2C)nn(Cc2ncc(Cl)cc2Cl)c1=O. The van der Waals surface area contributed by atoms with E-state index < -0.39 is 0 Å². The van der Waals surface area contributed by atoms with Crippen LogP contribution in [0.1, 0.15) is 37.9 Å². The molecule has 0 N–H and O–H groups in total. The van der Waals surface area contributed by atoms with Gasteiger partial charge in [0.2, 0.25) is 0 Å². The first kappa shape index (κ1) is 16.5. The lowest BCUT2D eigenvalue weighted by Gasteiger charge is -2.13. The summed E-state index contributed by atoms with van der Waals surface area (Å²) in [6.07, 6.45) is 2.34. The van der Waals surface area contributed by atoms with E-state index in [9.17, 15) is 4.79 Å². The zero-order valence-corrected chi connectivity index (χ0v) is 14.5. The predicted molar refractivity (Wildman–Crippen MR) is 88.0 cm³/mol. The molecular formula is C15H18Cl2N4O2. The van der Waals surface area contributed by atoms with Crippen LogP contribution in [0.4, 0.5) is 0 Å². The smallest absolute Gasteiger partial charge is 0.346 e. The van der Waals surface area contributed by atoms with Crippen LogP contribution in [0.3, 0.4) is 0 Å². The van der Waals surface area contributed by atoms with Crippen LogP contribution >= 0.6 is 23.2 Å². The Bertz CT molecular complexity index is 771. The number of pyridine rings is 1. The molecule has 0 bridgehead atoms. The largest absolute Gasteiger partial charge is 0.370 e. The van der Waals surface area contributed by atoms with Gasteiger partial charge in [0.1, 0.15) is 6.10 Å². The molecule has 6 nitrogen and oxygen atoms in total. The molecule has 2 aromatic rings. The third-order valence-electron chi connectivity index (χ3n) is 4.09. The third kappa shape index (κ3) is 3.16. The van der Waals surface area contributed by atoms with Crippen molar-refractivity contribution in [3.63, 3.8) is 0 Å². The van der Waals surface area contributed by atoms with Gasteiger partial charge in [0.15, 0.2) is 5.82 Å². The van der Waals surface area contributed by atoms with E-state index in [-0.39, 0.29) is 18.3 Å². The van der Waals surface area contributed by atoms with Gasteiger partial charge in [-0.1, -0.05) is 30.1 Å². The number of hydrogen-bond donors (Lipinski definition) is 0. The second-order valence-electron chi connectivity index (χ2n) is 5.68. The second kappa shape index (κ2) is 6.63. The standard InChI is InChI=1S/C15H18Cl2N4O2/c1-3-20-14(13-9(2)4-5-23-13)19-21(15(20)22)8-12-11(17)6-10(16)7-18-12/h6-7,9,13H,3-5,8H2,1-2H3/t9-,13+/m1/s1. The molecular weight excluding hydrogens is 339 g/mol. The highest BCUT2D eigenvalue weighted by molar-refractivity contribution is 6.34. The Hall–Kier alpha value is -1.37. The van der Waals surface area contributed by atoms with Crippen LogP contribution in [0.5, 0.6) is 0 Å². The summed E-state index contributed by atoms with van der Waals surface area (Å²) in [6, 6.07) is 1.61. The van der Waals surface area contributed by atoms with E-state index in [1.54, 1.807) is 10.6 Å². The van der Waals surface area contributed by atoms with Crippen LogP contribution in [-0.4, -0.2) is 25.9 Å². The number of halogens is 2. The molecule has 0 spiro atoms. The lowest BCUT2D eigenvalue weighted by atomic mass is 10.0. The average Bonchev–Trinajstić information content (AvgIpc) is 3.06. The van der Waals surface area contributed by atoms with Crippen molar-refractivity contribution in [3.05, 3.63) is 44.3 Å². The monoisotopic (exact) mass is 356 g/mol. The Balaban J connectivity index is 1.97. The summed E-state index contributed by atoms with van der Waals surface area (Å²) >= 11 is 12.0. The Morgan fingerprint density at radius 3 is 2.83 bits per heavy atom. The minimum atomic E-state index is -0.182. The van der Waals surface area contributed by atoms with Gasteiger partial charge in [0, 0.05) is 19.3 Å². The minimum absolute atomic E-state index is 0.141. The van der Waals surface area contributed by atoms with Gasteiger partial charge in [-0.3, -0.25) is 9.55 Å². The number of nitrogens with zero attached hydrogens (tertiary/aromatic N) is 4. The number of rotatable bonds is 4. The van der Waals surface area contributed by atoms with Crippen molar-refractivity contribution >= 4 is 23.2 Å². The van der Waals surface area contributed by atoms with Crippen LogP contribution in [0.2, 0.25) is 10.0 Å². The van der Waals surface area contributed by atoms with E-state index in [4.69, 9.17) is 27.9 Å². The van der Waals surface area contributed by atoms with E-state index in [1.807, 2.05) is 6.92 Å². The maximum Gasteiger partial charge on any atom is 0.346 e. The van der Waals surface area contributed by atoms with Gasteiger partial charge in [-0.05, 0) is 25.3 Å². The van der Waals surface area contributed by atoms with Crippen molar-refractivity contribution in [2.75, 3.05) is 6.61 Å². The van der Waals surface area contributed by atoms with Gasteiger partial charge in [-0.2, -0.15) is 5.10 Å². The molecule has 1 aliphatic rings. The quantitative estimate of drug-likeness (QED) is 0.844. The summed E-state index contributed by atoms with van der Waals surface area (Å²) in [5.41, 5.74) is 0.379. The molecule has 0 amide bonds. The molecule has 0 unspecified atom stereocenters. The molecule has 2 atom stereocenters. The van der Waals surface area contributed by atoms with E-state index in [2.05, 4.69) is 17.0 Å².